The molecule has 126 valence electrons. The molecule has 7 heteroatoms. The van der Waals surface area contributed by atoms with E-state index < -0.39 is 12.1 Å². The fourth-order valence-corrected chi connectivity index (χ4v) is 3.00. The summed E-state index contributed by atoms with van der Waals surface area (Å²) < 4.78 is 5.61. The van der Waals surface area contributed by atoms with E-state index in [2.05, 4.69) is 10.3 Å². The molecule has 0 aromatic carbocycles. The normalized spacial score (nSPS) is 21.0. The highest BCUT2D eigenvalue weighted by Crippen LogP contribution is 2.31. The zero-order chi connectivity index (χ0) is 17.1. The lowest BCUT2D eigenvalue weighted by Gasteiger charge is -2.19. The maximum Gasteiger partial charge on any atom is 0.340 e. The van der Waals surface area contributed by atoms with E-state index in [0.29, 0.717) is 24.9 Å². The number of halogens is 1. The van der Waals surface area contributed by atoms with Gasteiger partial charge in [0, 0.05) is 25.1 Å². The van der Waals surface area contributed by atoms with Crippen LogP contribution in [0.4, 0.5) is 5.69 Å². The Kier molecular flexibility index (Phi) is 5.59. The molecule has 1 aliphatic carbocycles. The largest absolute Gasteiger partial charge is 0.478 e. The van der Waals surface area contributed by atoms with Gasteiger partial charge in [-0.25, -0.2) is 9.78 Å². The molecule has 1 heterocycles. The lowest BCUT2D eigenvalue weighted by Crippen LogP contribution is -2.23. The number of anilines is 1. The Balaban J connectivity index is 2.25. The number of carbonyl (C=O) groups is 2. The number of ether oxygens (including phenoxy) is 1. The third kappa shape index (κ3) is 4.00. The highest BCUT2D eigenvalue weighted by Gasteiger charge is 2.35. The Bertz CT molecular complexity index is 618. The first-order chi connectivity index (χ1) is 10.8. The van der Waals surface area contributed by atoms with Crippen LogP contribution in [0, 0.1) is 0 Å². The number of nitrogens with one attached hydrogen (secondary N) is 1. The van der Waals surface area contributed by atoms with Crippen LogP contribution in [0.15, 0.2) is 6.20 Å². The van der Waals surface area contributed by atoms with Gasteiger partial charge >= 0.3 is 5.97 Å². The van der Waals surface area contributed by atoms with Crippen LogP contribution in [0.3, 0.4) is 0 Å². The molecule has 1 saturated carbocycles. The Hall–Kier alpha value is -1.66. The molecule has 0 saturated heterocycles. The molecule has 6 nitrogen and oxygen atoms in total. The number of nitrogens with zero attached hydrogens (tertiary/aromatic N) is 1. The number of Topliss-reactive ketones (excluding diaryl/α,β-unsaturated/α-hetero) is 1. The summed E-state index contributed by atoms with van der Waals surface area (Å²) in [4.78, 5) is 27.5. The molecule has 1 aliphatic rings. The monoisotopic (exact) mass is 340 g/mol. The fourth-order valence-electron chi connectivity index (χ4n) is 2.78. The van der Waals surface area contributed by atoms with Crippen molar-refractivity contribution >= 4 is 29.0 Å². The van der Waals surface area contributed by atoms with Crippen molar-refractivity contribution in [2.75, 3.05) is 5.32 Å². The SMILES string of the molecule is CCc1cnc(Cl)c(C(=O)O)c1NC1CC(=O)C(OC(C)C)C1. The quantitative estimate of drug-likeness (QED) is 0.774. The number of hydrogen-bond donors (Lipinski definition) is 2. The Morgan fingerprint density at radius 3 is 2.83 bits per heavy atom. The second kappa shape index (κ2) is 7.27. The zero-order valence-electron chi connectivity index (χ0n) is 13.4. The number of rotatable bonds is 6. The highest BCUT2D eigenvalue weighted by molar-refractivity contribution is 6.33. The molecule has 0 radical (unpaired) electrons. The van der Waals surface area contributed by atoms with Gasteiger partial charge in [0.05, 0.1) is 11.8 Å². The molecule has 2 rings (SSSR count). The van der Waals surface area contributed by atoms with Crippen molar-refractivity contribution in [1.29, 1.82) is 0 Å². The van der Waals surface area contributed by atoms with Crippen LogP contribution in [0.2, 0.25) is 5.15 Å². The van der Waals surface area contributed by atoms with E-state index in [-0.39, 0.29) is 28.6 Å². The number of aryl methyl sites for hydroxylation is 1. The second-order valence-electron chi connectivity index (χ2n) is 5.90. The van der Waals surface area contributed by atoms with E-state index in [1.807, 2.05) is 20.8 Å². The van der Waals surface area contributed by atoms with Crippen LogP contribution >= 0.6 is 11.6 Å². The molecule has 2 unspecified atom stereocenters. The minimum Gasteiger partial charge on any atom is -0.478 e. The first kappa shape index (κ1) is 17.7. The first-order valence-electron chi connectivity index (χ1n) is 7.68. The van der Waals surface area contributed by atoms with Crippen molar-refractivity contribution in [2.24, 2.45) is 0 Å². The third-order valence-electron chi connectivity index (χ3n) is 3.80. The van der Waals surface area contributed by atoms with Crippen molar-refractivity contribution in [2.45, 2.75) is 58.3 Å². The van der Waals surface area contributed by atoms with Crippen LogP contribution in [0.25, 0.3) is 0 Å². The number of hydrogen-bond acceptors (Lipinski definition) is 5. The minimum absolute atomic E-state index is 0.0288. The van der Waals surface area contributed by atoms with Crippen LogP contribution in [0.1, 0.15) is 49.5 Å². The van der Waals surface area contributed by atoms with Gasteiger partial charge in [-0.05, 0) is 25.8 Å². The van der Waals surface area contributed by atoms with Crippen LogP contribution < -0.4 is 5.32 Å². The summed E-state index contributed by atoms with van der Waals surface area (Å²) in [5.41, 5.74) is 1.15. The third-order valence-corrected chi connectivity index (χ3v) is 4.08. The van der Waals surface area contributed by atoms with E-state index >= 15 is 0 Å². The van der Waals surface area contributed by atoms with Gasteiger partial charge in [-0.15, -0.1) is 0 Å². The van der Waals surface area contributed by atoms with Crippen molar-refractivity contribution in [3.8, 4) is 0 Å². The van der Waals surface area contributed by atoms with Gasteiger partial charge in [-0.2, -0.15) is 0 Å². The predicted molar refractivity (Wildman–Crippen MR) is 87.2 cm³/mol. The molecule has 23 heavy (non-hydrogen) atoms. The molecular formula is C16H21ClN2O4. The number of ketones is 1. The van der Waals surface area contributed by atoms with Crippen molar-refractivity contribution in [1.82, 2.24) is 4.98 Å². The Labute approximate surface area is 140 Å². The molecule has 0 spiro atoms. The molecular weight excluding hydrogens is 320 g/mol. The number of carboxylic acids is 1. The van der Waals surface area contributed by atoms with Gasteiger partial charge in [0.15, 0.2) is 5.78 Å². The summed E-state index contributed by atoms with van der Waals surface area (Å²) in [6, 6.07) is -0.173. The standard InChI is InChI=1S/C16H21ClN2O4/c1-4-9-7-18-15(17)13(16(21)22)14(9)19-10-5-11(20)12(6-10)23-8(2)3/h7-8,10,12H,4-6H2,1-3H3,(H,18,19)(H,21,22). The average molecular weight is 341 g/mol. The number of carboxylic acid groups (broad SMARTS) is 1. The molecule has 2 N–H and O–H groups in total. The van der Waals surface area contributed by atoms with Crippen LogP contribution in [0.5, 0.6) is 0 Å². The number of aromatic nitrogens is 1. The van der Waals surface area contributed by atoms with Gasteiger partial charge in [-0.1, -0.05) is 18.5 Å². The smallest absolute Gasteiger partial charge is 0.340 e. The van der Waals surface area contributed by atoms with Crippen molar-refractivity contribution in [3.05, 3.63) is 22.5 Å². The molecule has 0 bridgehead atoms. The van der Waals surface area contributed by atoms with Crippen LogP contribution in [-0.2, 0) is 16.0 Å². The van der Waals surface area contributed by atoms with Gasteiger partial charge in [0.1, 0.15) is 16.8 Å². The number of aromatic carboxylic acids is 1. The van der Waals surface area contributed by atoms with Crippen molar-refractivity contribution in [3.63, 3.8) is 0 Å². The summed E-state index contributed by atoms with van der Waals surface area (Å²) in [6.07, 6.45) is 2.52. The van der Waals surface area contributed by atoms with Crippen molar-refractivity contribution < 1.29 is 19.4 Å². The summed E-state index contributed by atoms with van der Waals surface area (Å²) in [5, 5.41) is 12.5. The number of carbonyl (C=O) groups excluding carboxylic acids is 1. The summed E-state index contributed by atoms with van der Waals surface area (Å²) in [5.74, 6) is -1.11. The fraction of sp³-hybridized carbons (Fsp3) is 0.562. The van der Waals surface area contributed by atoms with Gasteiger partial charge in [0.2, 0.25) is 0 Å². The Morgan fingerprint density at radius 1 is 1.57 bits per heavy atom. The molecule has 0 aliphatic heterocycles. The lowest BCUT2D eigenvalue weighted by atomic mass is 10.1. The average Bonchev–Trinajstić information content (AvgIpc) is 2.78. The van der Waals surface area contributed by atoms with Gasteiger partial charge in [0.25, 0.3) is 0 Å². The molecule has 1 aromatic heterocycles. The molecule has 1 aromatic rings. The van der Waals surface area contributed by atoms with E-state index in [9.17, 15) is 14.7 Å². The number of pyridine rings is 1. The topological polar surface area (TPSA) is 88.5 Å². The van der Waals surface area contributed by atoms with E-state index in [1.54, 1.807) is 6.20 Å². The Morgan fingerprint density at radius 2 is 2.26 bits per heavy atom. The first-order valence-corrected chi connectivity index (χ1v) is 8.06. The lowest BCUT2D eigenvalue weighted by molar-refractivity contribution is -0.129. The minimum atomic E-state index is -1.14. The second-order valence-corrected chi connectivity index (χ2v) is 6.26. The summed E-state index contributed by atoms with van der Waals surface area (Å²) in [6.45, 7) is 5.68. The predicted octanol–water partition coefficient (Wildman–Crippen LogP) is 2.93. The van der Waals surface area contributed by atoms with E-state index in [1.165, 1.54) is 0 Å². The maximum atomic E-state index is 12.0. The van der Waals surface area contributed by atoms with Crippen LogP contribution in [-0.4, -0.2) is 40.1 Å². The molecule has 0 amide bonds. The zero-order valence-corrected chi connectivity index (χ0v) is 14.2. The highest BCUT2D eigenvalue weighted by atomic mass is 35.5. The van der Waals surface area contributed by atoms with Gasteiger partial charge in [-0.3, -0.25) is 4.79 Å². The molecule has 2 atom stereocenters. The van der Waals surface area contributed by atoms with E-state index in [0.717, 1.165) is 5.56 Å². The van der Waals surface area contributed by atoms with E-state index in [4.69, 9.17) is 16.3 Å². The summed E-state index contributed by atoms with van der Waals surface area (Å²) in [7, 11) is 0. The van der Waals surface area contributed by atoms with Gasteiger partial charge < -0.3 is 15.2 Å². The maximum absolute atomic E-state index is 12.0. The molecule has 1 fully saturated rings. The summed E-state index contributed by atoms with van der Waals surface area (Å²) >= 11 is 5.94.